The zero-order valence-corrected chi connectivity index (χ0v) is 12.8. The first-order chi connectivity index (χ1) is 9.83. The zero-order chi connectivity index (χ0) is 13.8. The fraction of sp³-hybridized carbons (Fsp3) is 0.471. The van der Waals surface area contributed by atoms with Crippen molar-refractivity contribution in [2.75, 3.05) is 0 Å². The average Bonchev–Trinajstić information content (AvgIpc) is 3.17. The molecule has 1 aromatic carbocycles. The van der Waals surface area contributed by atoms with Crippen molar-refractivity contribution < 1.29 is 0 Å². The van der Waals surface area contributed by atoms with Gasteiger partial charge in [-0.2, -0.15) is 0 Å². The number of hydrogen-bond donors (Lipinski definition) is 1. The first-order valence-electron chi connectivity index (χ1n) is 7.56. The summed E-state index contributed by atoms with van der Waals surface area (Å²) in [5, 5.41) is 7.00. The molecule has 20 heavy (non-hydrogen) atoms. The maximum atomic E-state index is 4.74. The Morgan fingerprint density at radius 3 is 2.75 bits per heavy atom. The molecule has 2 aromatic rings. The SMILES string of the molecule is CC(NCc1nc(-c2ccccc2)cs1)C1CCCC1. The van der Waals surface area contributed by atoms with Crippen LogP contribution in [0.2, 0.25) is 0 Å². The van der Waals surface area contributed by atoms with Crippen molar-refractivity contribution >= 4 is 11.3 Å². The van der Waals surface area contributed by atoms with Crippen LogP contribution in [0.25, 0.3) is 11.3 Å². The van der Waals surface area contributed by atoms with Crippen LogP contribution >= 0.6 is 11.3 Å². The topological polar surface area (TPSA) is 24.9 Å². The fourth-order valence-corrected chi connectivity index (χ4v) is 3.76. The molecule has 1 unspecified atom stereocenters. The van der Waals surface area contributed by atoms with Gasteiger partial charge >= 0.3 is 0 Å². The van der Waals surface area contributed by atoms with Crippen LogP contribution in [0.5, 0.6) is 0 Å². The van der Waals surface area contributed by atoms with E-state index in [1.54, 1.807) is 11.3 Å². The molecule has 1 saturated carbocycles. The van der Waals surface area contributed by atoms with Gasteiger partial charge in [0.2, 0.25) is 0 Å². The molecule has 1 aliphatic carbocycles. The summed E-state index contributed by atoms with van der Waals surface area (Å²) in [5.41, 5.74) is 2.31. The van der Waals surface area contributed by atoms with Gasteiger partial charge in [0.1, 0.15) is 5.01 Å². The molecule has 2 nitrogen and oxygen atoms in total. The Morgan fingerprint density at radius 1 is 1.25 bits per heavy atom. The summed E-state index contributed by atoms with van der Waals surface area (Å²) in [7, 11) is 0. The zero-order valence-electron chi connectivity index (χ0n) is 12.0. The van der Waals surface area contributed by atoms with Crippen LogP contribution in [0.3, 0.4) is 0 Å². The second-order valence-corrected chi connectivity index (χ2v) is 6.65. The standard InChI is InChI=1S/C17H22N2S/c1-13(14-7-5-6-8-14)18-11-17-19-16(12-20-17)15-9-3-2-4-10-15/h2-4,9-10,12-14,18H,5-8,11H2,1H3. The van der Waals surface area contributed by atoms with E-state index >= 15 is 0 Å². The van der Waals surface area contributed by atoms with Gasteiger partial charge < -0.3 is 5.32 Å². The first kappa shape index (κ1) is 13.8. The van der Waals surface area contributed by atoms with Gasteiger partial charge in [0, 0.05) is 23.5 Å². The van der Waals surface area contributed by atoms with Crippen LogP contribution < -0.4 is 5.32 Å². The van der Waals surface area contributed by atoms with Crippen LogP contribution in [0.15, 0.2) is 35.7 Å². The van der Waals surface area contributed by atoms with Gasteiger partial charge in [0.15, 0.2) is 0 Å². The Kier molecular flexibility index (Phi) is 4.48. The molecule has 1 heterocycles. The highest BCUT2D eigenvalue weighted by atomic mass is 32.1. The predicted molar refractivity (Wildman–Crippen MR) is 85.8 cm³/mol. The van der Waals surface area contributed by atoms with E-state index in [4.69, 9.17) is 4.98 Å². The van der Waals surface area contributed by atoms with E-state index in [0.717, 1.165) is 18.2 Å². The minimum atomic E-state index is 0.613. The molecular formula is C17H22N2S. The molecule has 0 radical (unpaired) electrons. The Hall–Kier alpha value is -1.19. The third-order valence-electron chi connectivity index (χ3n) is 4.30. The highest BCUT2D eigenvalue weighted by Crippen LogP contribution is 2.28. The van der Waals surface area contributed by atoms with Gasteiger partial charge in [-0.3, -0.25) is 0 Å². The Balaban J connectivity index is 1.57. The minimum Gasteiger partial charge on any atom is -0.308 e. The van der Waals surface area contributed by atoms with E-state index < -0.39 is 0 Å². The van der Waals surface area contributed by atoms with E-state index in [1.807, 2.05) is 6.07 Å². The van der Waals surface area contributed by atoms with Crippen molar-refractivity contribution in [3.05, 3.63) is 40.7 Å². The minimum absolute atomic E-state index is 0.613. The largest absolute Gasteiger partial charge is 0.308 e. The average molecular weight is 286 g/mol. The summed E-state index contributed by atoms with van der Waals surface area (Å²) in [6.07, 6.45) is 5.60. The molecule has 0 spiro atoms. The summed E-state index contributed by atoms with van der Waals surface area (Å²) in [6.45, 7) is 3.22. The van der Waals surface area contributed by atoms with E-state index in [-0.39, 0.29) is 0 Å². The smallest absolute Gasteiger partial charge is 0.107 e. The molecule has 1 fully saturated rings. The molecule has 1 atom stereocenters. The number of nitrogens with one attached hydrogen (secondary N) is 1. The third-order valence-corrected chi connectivity index (χ3v) is 5.15. The monoisotopic (exact) mass is 286 g/mol. The second kappa shape index (κ2) is 6.51. The first-order valence-corrected chi connectivity index (χ1v) is 8.44. The lowest BCUT2D eigenvalue weighted by atomic mass is 10.00. The molecule has 1 N–H and O–H groups in total. The number of rotatable bonds is 5. The van der Waals surface area contributed by atoms with E-state index in [2.05, 4.69) is 41.9 Å². The van der Waals surface area contributed by atoms with Gasteiger partial charge in [-0.1, -0.05) is 43.2 Å². The van der Waals surface area contributed by atoms with Crippen molar-refractivity contribution in [1.29, 1.82) is 0 Å². The molecule has 0 amide bonds. The van der Waals surface area contributed by atoms with Gasteiger partial charge in [-0.25, -0.2) is 4.98 Å². The molecule has 1 aromatic heterocycles. The Bertz CT molecular complexity index is 529. The molecule has 0 saturated heterocycles. The highest BCUT2D eigenvalue weighted by molar-refractivity contribution is 7.09. The van der Waals surface area contributed by atoms with Crippen LogP contribution in [0.1, 0.15) is 37.6 Å². The van der Waals surface area contributed by atoms with Gasteiger partial charge in [-0.05, 0) is 25.7 Å². The summed E-state index contributed by atoms with van der Waals surface area (Å²) in [4.78, 5) is 4.74. The van der Waals surface area contributed by atoms with Crippen molar-refractivity contribution in [3.8, 4) is 11.3 Å². The van der Waals surface area contributed by atoms with Crippen molar-refractivity contribution in [1.82, 2.24) is 10.3 Å². The fourth-order valence-electron chi connectivity index (χ4n) is 3.01. The number of hydrogen-bond acceptors (Lipinski definition) is 3. The molecular weight excluding hydrogens is 264 g/mol. The van der Waals surface area contributed by atoms with Gasteiger partial charge in [-0.15, -0.1) is 11.3 Å². The van der Waals surface area contributed by atoms with Crippen LogP contribution in [0.4, 0.5) is 0 Å². The maximum Gasteiger partial charge on any atom is 0.107 e. The molecule has 0 bridgehead atoms. The number of aromatic nitrogens is 1. The quantitative estimate of drug-likeness (QED) is 0.876. The van der Waals surface area contributed by atoms with Crippen molar-refractivity contribution in [2.24, 2.45) is 5.92 Å². The van der Waals surface area contributed by atoms with Crippen LogP contribution in [0, 0.1) is 5.92 Å². The summed E-state index contributed by atoms with van der Waals surface area (Å²) in [6, 6.07) is 11.0. The summed E-state index contributed by atoms with van der Waals surface area (Å²) in [5.74, 6) is 0.864. The Labute approximate surface area is 125 Å². The van der Waals surface area contributed by atoms with E-state index in [1.165, 1.54) is 36.3 Å². The lowest BCUT2D eigenvalue weighted by Gasteiger charge is -2.19. The molecule has 1 aliphatic rings. The van der Waals surface area contributed by atoms with Crippen molar-refractivity contribution in [3.63, 3.8) is 0 Å². The van der Waals surface area contributed by atoms with Crippen molar-refractivity contribution in [2.45, 2.75) is 45.2 Å². The molecule has 3 rings (SSSR count). The maximum absolute atomic E-state index is 4.74. The van der Waals surface area contributed by atoms with Crippen LogP contribution in [-0.2, 0) is 6.54 Å². The predicted octanol–water partition coefficient (Wildman–Crippen LogP) is 4.48. The van der Waals surface area contributed by atoms with E-state index in [9.17, 15) is 0 Å². The lowest BCUT2D eigenvalue weighted by molar-refractivity contribution is 0.380. The normalized spacial score (nSPS) is 17.4. The molecule has 0 aliphatic heterocycles. The van der Waals surface area contributed by atoms with E-state index in [0.29, 0.717) is 6.04 Å². The Morgan fingerprint density at radius 2 is 2.00 bits per heavy atom. The number of benzene rings is 1. The number of nitrogens with zero attached hydrogens (tertiary/aromatic N) is 1. The molecule has 3 heteroatoms. The third kappa shape index (κ3) is 3.28. The summed E-state index contributed by atoms with van der Waals surface area (Å²) >= 11 is 1.76. The van der Waals surface area contributed by atoms with Gasteiger partial charge in [0.05, 0.1) is 5.69 Å². The van der Waals surface area contributed by atoms with Gasteiger partial charge in [0.25, 0.3) is 0 Å². The van der Waals surface area contributed by atoms with Crippen LogP contribution in [-0.4, -0.2) is 11.0 Å². The second-order valence-electron chi connectivity index (χ2n) is 5.71. The molecule has 106 valence electrons. The lowest BCUT2D eigenvalue weighted by Crippen LogP contribution is -2.31. The highest BCUT2D eigenvalue weighted by Gasteiger charge is 2.21. The summed E-state index contributed by atoms with van der Waals surface area (Å²) < 4.78 is 0. The number of thiazole rings is 1.